The summed E-state index contributed by atoms with van der Waals surface area (Å²) in [4.78, 5) is 0. The van der Waals surface area contributed by atoms with Gasteiger partial charge in [-0.1, -0.05) is 18.2 Å². The Hall–Kier alpha value is -1.68. The number of aromatic nitrogens is 2. The van der Waals surface area contributed by atoms with E-state index in [4.69, 9.17) is 0 Å². The highest BCUT2D eigenvalue weighted by Crippen LogP contribution is 2.21. The Labute approximate surface area is 99.5 Å². The molecule has 0 saturated heterocycles. The van der Waals surface area contributed by atoms with Crippen LogP contribution in [0.25, 0.3) is 0 Å². The third-order valence-electron chi connectivity index (χ3n) is 2.78. The first kappa shape index (κ1) is 11.8. The lowest BCUT2D eigenvalue weighted by Gasteiger charge is -2.10. The minimum atomic E-state index is -0.722. The van der Waals surface area contributed by atoms with Crippen molar-refractivity contribution in [2.75, 3.05) is 0 Å². The van der Waals surface area contributed by atoms with Crippen LogP contribution >= 0.6 is 0 Å². The maximum absolute atomic E-state index is 13.4. The second kappa shape index (κ2) is 4.67. The van der Waals surface area contributed by atoms with Crippen LogP contribution in [0.5, 0.6) is 0 Å². The predicted octanol–water partition coefficient (Wildman–Crippen LogP) is 2.14. The van der Waals surface area contributed by atoms with Gasteiger partial charge in [0.1, 0.15) is 5.82 Å². The number of benzene rings is 1. The number of hydrogen-bond donors (Lipinski definition) is 1. The molecule has 1 aromatic heterocycles. The molecule has 0 bridgehead atoms. The molecule has 0 fully saturated rings. The Morgan fingerprint density at radius 1 is 1.41 bits per heavy atom. The summed E-state index contributed by atoms with van der Waals surface area (Å²) >= 11 is 0. The zero-order valence-corrected chi connectivity index (χ0v) is 9.89. The lowest BCUT2D eigenvalue weighted by Crippen LogP contribution is -2.04. The van der Waals surface area contributed by atoms with Crippen molar-refractivity contribution < 1.29 is 9.50 Å². The Kier molecular flexibility index (Phi) is 3.24. The first-order valence-corrected chi connectivity index (χ1v) is 5.49. The fourth-order valence-corrected chi connectivity index (χ4v) is 1.93. The minimum absolute atomic E-state index is 0.263. The van der Waals surface area contributed by atoms with Gasteiger partial charge in [-0.2, -0.15) is 5.10 Å². The summed E-state index contributed by atoms with van der Waals surface area (Å²) in [5, 5.41) is 14.2. The van der Waals surface area contributed by atoms with Gasteiger partial charge in [-0.05, 0) is 18.6 Å². The number of aryl methyl sites for hydroxylation is 2. The summed E-state index contributed by atoms with van der Waals surface area (Å²) in [6.07, 6.45) is 1.31. The fraction of sp³-hybridized carbons (Fsp3) is 0.308. The molecular formula is C13H15FN2O. The van der Waals surface area contributed by atoms with Crippen molar-refractivity contribution in [3.63, 3.8) is 0 Å². The molecule has 0 aliphatic carbocycles. The highest BCUT2D eigenvalue weighted by Gasteiger charge is 2.15. The van der Waals surface area contributed by atoms with Gasteiger partial charge in [0, 0.05) is 25.2 Å². The van der Waals surface area contributed by atoms with Crippen LogP contribution in [0.3, 0.4) is 0 Å². The van der Waals surface area contributed by atoms with Crippen LogP contribution in [0.1, 0.15) is 22.9 Å². The van der Waals surface area contributed by atoms with E-state index in [0.717, 1.165) is 11.3 Å². The summed E-state index contributed by atoms with van der Waals surface area (Å²) in [6.45, 7) is 1.83. The van der Waals surface area contributed by atoms with Gasteiger partial charge in [-0.3, -0.25) is 4.68 Å². The summed E-state index contributed by atoms with van der Waals surface area (Å²) in [7, 11) is 1.80. The molecule has 3 nitrogen and oxygen atoms in total. The van der Waals surface area contributed by atoms with Gasteiger partial charge in [0.25, 0.3) is 0 Å². The third kappa shape index (κ3) is 2.53. The normalized spacial score (nSPS) is 12.7. The zero-order valence-electron chi connectivity index (χ0n) is 9.89. The van der Waals surface area contributed by atoms with Crippen molar-refractivity contribution >= 4 is 0 Å². The summed E-state index contributed by atoms with van der Waals surface area (Å²) in [5.41, 5.74) is 2.04. The van der Waals surface area contributed by atoms with Crippen molar-refractivity contribution in [3.05, 3.63) is 53.1 Å². The van der Waals surface area contributed by atoms with Gasteiger partial charge in [-0.15, -0.1) is 0 Å². The molecule has 0 spiro atoms. The lowest BCUT2D eigenvalue weighted by atomic mass is 10.0. The predicted molar refractivity (Wildman–Crippen MR) is 63.0 cm³/mol. The number of nitrogens with zero attached hydrogens (tertiary/aromatic N) is 2. The number of halogens is 1. The van der Waals surface area contributed by atoms with E-state index in [-0.39, 0.29) is 12.2 Å². The monoisotopic (exact) mass is 234 g/mol. The minimum Gasteiger partial charge on any atom is -0.388 e. The van der Waals surface area contributed by atoms with E-state index < -0.39 is 6.10 Å². The van der Waals surface area contributed by atoms with Gasteiger partial charge in [0.15, 0.2) is 0 Å². The van der Waals surface area contributed by atoms with Crippen LogP contribution in [0, 0.1) is 12.7 Å². The number of aliphatic hydroxyl groups excluding tert-OH is 1. The molecule has 0 aliphatic rings. The molecule has 1 atom stereocenters. The second-order valence-corrected chi connectivity index (χ2v) is 4.15. The quantitative estimate of drug-likeness (QED) is 0.883. The first-order valence-electron chi connectivity index (χ1n) is 5.49. The average molecular weight is 234 g/mol. The molecule has 2 aromatic rings. The smallest absolute Gasteiger partial charge is 0.126 e. The molecule has 0 aliphatic heterocycles. The van der Waals surface area contributed by atoms with Crippen molar-refractivity contribution in [3.8, 4) is 0 Å². The molecule has 4 heteroatoms. The first-order chi connectivity index (χ1) is 8.08. The molecule has 1 unspecified atom stereocenters. The maximum atomic E-state index is 13.4. The van der Waals surface area contributed by atoms with Crippen LogP contribution in [0.15, 0.2) is 30.5 Å². The lowest BCUT2D eigenvalue weighted by molar-refractivity contribution is 0.176. The van der Waals surface area contributed by atoms with Crippen LogP contribution in [0.4, 0.5) is 4.39 Å². The average Bonchev–Trinajstić information content (AvgIpc) is 2.61. The van der Waals surface area contributed by atoms with E-state index in [9.17, 15) is 9.50 Å². The molecule has 1 aromatic carbocycles. The summed E-state index contributed by atoms with van der Waals surface area (Å²) in [6, 6.07) is 6.49. The highest BCUT2D eigenvalue weighted by atomic mass is 19.1. The van der Waals surface area contributed by atoms with E-state index in [2.05, 4.69) is 5.10 Å². The number of aliphatic hydroxyl groups is 1. The van der Waals surface area contributed by atoms with Crippen LogP contribution in [-0.2, 0) is 13.5 Å². The van der Waals surface area contributed by atoms with E-state index >= 15 is 0 Å². The Morgan fingerprint density at radius 2 is 2.12 bits per heavy atom. The van der Waals surface area contributed by atoms with Crippen molar-refractivity contribution in [1.82, 2.24) is 9.78 Å². The maximum Gasteiger partial charge on any atom is 0.126 e. The SMILES string of the molecule is Cc1nn(C)cc1C(O)Cc1ccccc1F. The standard InChI is InChI=1S/C13H15FN2O/c1-9-11(8-16(2)15-9)13(17)7-10-5-3-4-6-12(10)14/h3-6,8,13,17H,7H2,1-2H3. The molecule has 0 amide bonds. The van der Waals surface area contributed by atoms with E-state index in [1.165, 1.54) is 6.07 Å². The Morgan fingerprint density at radius 3 is 2.71 bits per heavy atom. The molecule has 1 N–H and O–H groups in total. The van der Waals surface area contributed by atoms with E-state index in [1.54, 1.807) is 36.1 Å². The molecule has 1 heterocycles. The van der Waals surface area contributed by atoms with E-state index in [1.807, 2.05) is 6.92 Å². The molecule has 0 radical (unpaired) electrons. The van der Waals surface area contributed by atoms with Gasteiger partial charge < -0.3 is 5.11 Å². The van der Waals surface area contributed by atoms with Gasteiger partial charge in [0.05, 0.1) is 11.8 Å². The van der Waals surface area contributed by atoms with Crippen molar-refractivity contribution in [2.24, 2.45) is 7.05 Å². The Balaban J connectivity index is 2.20. The molecule has 90 valence electrons. The highest BCUT2D eigenvalue weighted by molar-refractivity contribution is 5.24. The van der Waals surface area contributed by atoms with Gasteiger partial charge in [0.2, 0.25) is 0 Å². The second-order valence-electron chi connectivity index (χ2n) is 4.15. The van der Waals surface area contributed by atoms with Crippen LogP contribution in [0.2, 0.25) is 0 Å². The zero-order chi connectivity index (χ0) is 12.4. The van der Waals surface area contributed by atoms with Gasteiger partial charge >= 0.3 is 0 Å². The summed E-state index contributed by atoms with van der Waals surface area (Å²) in [5.74, 6) is -0.284. The Bertz CT molecular complexity index is 522. The van der Waals surface area contributed by atoms with Crippen molar-refractivity contribution in [2.45, 2.75) is 19.4 Å². The number of hydrogen-bond acceptors (Lipinski definition) is 2. The summed E-state index contributed by atoms with van der Waals surface area (Å²) < 4.78 is 15.1. The van der Waals surface area contributed by atoms with E-state index in [0.29, 0.717) is 5.56 Å². The topological polar surface area (TPSA) is 38.0 Å². The van der Waals surface area contributed by atoms with Crippen LogP contribution in [-0.4, -0.2) is 14.9 Å². The fourth-order valence-electron chi connectivity index (χ4n) is 1.93. The third-order valence-corrected chi connectivity index (χ3v) is 2.78. The molecular weight excluding hydrogens is 219 g/mol. The molecule has 2 rings (SSSR count). The van der Waals surface area contributed by atoms with Crippen molar-refractivity contribution in [1.29, 1.82) is 0 Å². The van der Waals surface area contributed by atoms with Gasteiger partial charge in [-0.25, -0.2) is 4.39 Å². The largest absolute Gasteiger partial charge is 0.388 e. The number of rotatable bonds is 3. The molecule has 0 saturated carbocycles. The van der Waals surface area contributed by atoms with Crippen LogP contribution < -0.4 is 0 Å². The molecule has 17 heavy (non-hydrogen) atoms.